The van der Waals surface area contributed by atoms with E-state index in [1.54, 1.807) is 24.6 Å². The number of hydrogen-bond donors (Lipinski definition) is 1. The number of methoxy groups -OCH3 is 1. The van der Waals surface area contributed by atoms with Gasteiger partial charge in [0.25, 0.3) is 0 Å². The van der Waals surface area contributed by atoms with Gasteiger partial charge in [0, 0.05) is 11.4 Å². The lowest BCUT2D eigenvalue weighted by molar-refractivity contribution is 0.149. The van der Waals surface area contributed by atoms with Crippen molar-refractivity contribution in [2.45, 2.75) is 45.3 Å². The fourth-order valence-corrected chi connectivity index (χ4v) is 3.07. The topological polar surface area (TPSA) is 47.3 Å². The lowest BCUT2D eigenvalue weighted by Crippen LogP contribution is -2.10. The average Bonchev–Trinajstić information content (AvgIpc) is 3.08. The lowest BCUT2D eigenvalue weighted by Gasteiger charge is -2.14. The van der Waals surface area contributed by atoms with E-state index in [4.69, 9.17) is 4.74 Å². The molecule has 0 fully saturated rings. The summed E-state index contributed by atoms with van der Waals surface area (Å²) in [5.74, 6) is 0.682. The second kappa shape index (κ2) is 7.45. The third kappa shape index (κ3) is 3.61. The molecule has 2 rings (SSSR count). The van der Waals surface area contributed by atoms with Crippen LogP contribution in [0.25, 0.3) is 0 Å². The molecule has 2 heterocycles. The zero-order valence-corrected chi connectivity index (χ0v) is 12.9. The van der Waals surface area contributed by atoms with Gasteiger partial charge in [0.2, 0.25) is 0 Å². The predicted molar refractivity (Wildman–Crippen MR) is 81.3 cm³/mol. The number of aromatic nitrogens is 2. The van der Waals surface area contributed by atoms with E-state index in [1.165, 1.54) is 4.88 Å². The highest BCUT2D eigenvalue weighted by atomic mass is 32.1. The smallest absolute Gasteiger partial charge is 0.162 e. The molecule has 2 aromatic heterocycles. The summed E-state index contributed by atoms with van der Waals surface area (Å²) >= 11 is 1.77. The number of ether oxygens (including phenoxy) is 1. The van der Waals surface area contributed by atoms with Gasteiger partial charge in [-0.05, 0) is 37.1 Å². The monoisotopic (exact) mass is 294 g/mol. The second-order valence-corrected chi connectivity index (χ2v) is 5.84. The van der Waals surface area contributed by atoms with Crippen molar-refractivity contribution < 1.29 is 9.84 Å². The van der Waals surface area contributed by atoms with Gasteiger partial charge in [-0.1, -0.05) is 13.0 Å². The fraction of sp³-hybridized carbons (Fsp3) is 0.533. The minimum Gasteiger partial charge on any atom is -0.493 e. The summed E-state index contributed by atoms with van der Waals surface area (Å²) in [6, 6.07) is 4.20. The summed E-state index contributed by atoms with van der Waals surface area (Å²) in [7, 11) is 1.62. The van der Waals surface area contributed by atoms with Gasteiger partial charge in [0.05, 0.1) is 19.4 Å². The molecule has 0 aliphatic carbocycles. The molecule has 0 amide bonds. The van der Waals surface area contributed by atoms with Gasteiger partial charge in [-0.25, -0.2) is 0 Å². The maximum absolute atomic E-state index is 10.4. The molecule has 0 spiro atoms. The van der Waals surface area contributed by atoms with Crippen LogP contribution in [0.4, 0.5) is 0 Å². The maximum Gasteiger partial charge on any atom is 0.162 e. The van der Waals surface area contributed by atoms with Crippen LogP contribution in [0, 0.1) is 0 Å². The predicted octanol–water partition coefficient (Wildman–Crippen LogP) is 3.42. The van der Waals surface area contributed by atoms with Crippen molar-refractivity contribution in [3.05, 3.63) is 34.3 Å². The lowest BCUT2D eigenvalue weighted by atomic mass is 10.1. The van der Waals surface area contributed by atoms with Crippen LogP contribution < -0.4 is 4.74 Å². The fourth-order valence-electron chi connectivity index (χ4n) is 2.32. The molecule has 0 aliphatic heterocycles. The number of hydrogen-bond acceptors (Lipinski definition) is 4. The summed E-state index contributed by atoms with van der Waals surface area (Å²) in [5, 5.41) is 16.8. The third-order valence-corrected chi connectivity index (χ3v) is 4.23. The highest BCUT2D eigenvalue weighted by molar-refractivity contribution is 7.09. The van der Waals surface area contributed by atoms with Crippen LogP contribution in [0.2, 0.25) is 0 Å². The largest absolute Gasteiger partial charge is 0.493 e. The number of rotatable bonds is 8. The van der Waals surface area contributed by atoms with E-state index in [2.05, 4.69) is 29.5 Å². The zero-order chi connectivity index (χ0) is 14.4. The van der Waals surface area contributed by atoms with E-state index in [9.17, 15) is 5.11 Å². The van der Waals surface area contributed by atoms with Crippen molar-refractivity contribution in [3.63, 3.8) is 0 Å². The van der Waals surface area contributed by atoms with Crippen molar-refractivity contribution in [1.82, 2.24) is 9.78 Å². The first-order chi connectivity index (χ1) is 9.76. The first kappa shape index (κ1) is 15.1. The SMILES string of the molecule is CCCn1ncc(OC)c1C(O)CCCc1cccs1. The molecule has 2 aromatic rings. The van der Waals surface area contributed by atoms with Gasteiger partial charge in [0.15, 0.2) is 5.75 Å². The molecule has 4 nitrogen and oxygen atoms in total. The van der Waals surface area contributed by atoms with Gasteiger partial charge >= 0.3 is 0 Å². The van der Waals surface area contributed by atoms with Gasteiger partial charge in [-0.3, -0.25) is 4.68 Å². The highest BCUT2D eigenvalue weighted by Crippen LogP contribution is 2.28. The van der Waals surface area contributed by atoms with Crippen molar-refractivity contribution >= 4 is 11.3 Å². The minimum absolute atomic E-state index is 0.515. The number of thiophene rings is 1. The Labute approximate surface area is 124 Å². The number of aliphatic hydroxyl groups is 1. The Hall–Kier alpha value is -1.33. The van der Waals surface area contributed by atoms with Crippen LogP contribution in [0.1, 0.15) is 42.9 Å². The summed E-state index contributed by atoms with van der Waals surface area (Å²) < 4.78 is 7.16. The van der Waals surface area contributed by atoms with Crippen LogP contribution >= 0.6 is 11.3 Å². The zero-order valence-electron chi connectivity index (χ0n) is 12.1. The Balaban J connectivity index is 1.96. The molecular formula is C15H22N2O2S. The van der Waals surface area contributed by atoms with Gasteiger partial charge in [-0.2, -0.15) is 5.10 Å². The Morgan fingerprint density at radius 1 is 1.50 bits per heavy atom. The van der Waals surface area contributed by atoms with Crippen molar-refractivity contribution in [2.75, 3.05) is 7.11 Å². The third-order valence-electron chi connectivity index (χ3n) is 3.30. The summed E-state index contributed by atoms with van der Waals surface area (Å²) in [6.07, 6.45) is 4.86. The van der Waals surface area contributed by atoms with Crippen molar-refractivity contribution in [1.29, 1.82) is 0 Å². The van der Waals surface area contributed by atoms with Crippen LogP contribution in [-0.2, 0) is 13.0 Å². The van der Waals surface area contributed by atoms with E-state index < -0.39 is 6.10 Å². The van der Waals surface area contributed by atoms with E-state index >= 15 is 0 Å². The van der Waals surface area contributed by atoms with E-state index in [0.29, 0.717) is 5.75 Å². The standard InChI is InChI=1S/C15H22N2O2S/c1-3-9-17-15(14(19-2)11-16-17)13(18)8-4-6-12-7-5-10-20-12/h5,7,10-11,13,18H,3-4,6,8-9H2,1-2H3. The van der Waals surface area contributed by atoms with E-state index in [0.717, 1.165) is 37.9 Å². The minimum atomic E-state index is -0.515. The van der Waals surface area contributed by atoms with Crippen LogP contribution in [0.3, 0.4) is 0 Å². The van der Waals surface area contributed by atoms with Gasteiger partial charge in [0.1, 0.15) is 5.69 Å². The molecule has 1 atom stereocenters. The normalized spacial score (nSPS) is 12.6. The molecule has 0 saturated heterocycles. The van der Waals surface area contributed by atoms with Crippen LogP contribution in [0.5, 0.6) is 5.75 Å². The maximum atomic E-state index is 10.4. The number of aryl methyl sites for hydroxylation is 2. The Morgan fingerprint density at radius 2 is 2.35 bits per heavy atom. The van der Waals surface area contributed by atoms with E-state index in [1.807, 2.05) is 4.68 Å². The Kier molecular flexibility index (Phi) is 5.61. The van der Waals surface area contributed by atoms with Gasteiger partial charge < -0.3 is 9.84 Å². The van der Waals surface area contributed by atoms with Crippen LogP contribution in [-0.4, -0.2) is 22.0 Å². The molecule has 0 radical (unpaired) electrons. The summed E-state index contributed by atoms with van der Waals surface area (Å²) in [6.45, 7) is 2.90. The Morgan fingerprint density at radius 3 is 3.00 bits per heavy atom. The quantitative estimate of drug-likeness (QED) is 0.811. The average molecular weight is 294 g/mol. The summed E-state index contributed by atoms with van der Waals surface area (Å²) in [4.78, 5) is 1.37. The van der Waals surface area contributed by atoms with Gasteiger partial charge in [-0.15, -0.1) is 11.3 Å². The molecule has 0 saturated carbocycles. The number of aliphatic hydroxyl groups excluding tert-OH is 1. The molecule has 1 N–H and O–H groups in total. The number of nitrogens with zero attached hydrogens (tertiary/aromatic N) is 2. The molecule has 0 aromatic carbocycles. The van der Waals surface area contributed by atoms with Crippen molar-refractivity contribution in [3.8, 4) is 5.75 Å². The first-order valence-corrected chi connectivity index (χ1v) is 7.94. The molecule has 5 heteroatoms. The molecule has 0 aliphatic rings. The molecular weight excluding hydrogens is 272 g/mol. The molecule has 0 bridgehead atoms. The summed E-state index contributed by atoms with van der Waals surface area (Å²) in [5.41, 5.74) is 0.806. The molecule has 1 unspecified atom stereocenters. The van der Waals surface area contributed by atoms with Crippen molar-refractivity contribution in [2.24, 2.45) is 0 Å². The first-order valence-electron chi connectivity index (χ1n) is 7.06. The van der Waals surface area contributed by atoms with Crippen LogP contribution in [0.15, 0.2) is 23.7 Å². The molecule has 20 heavy (non-hydrogen) atoms. The Bertz CT molecular complexity index is 508. The second-order valence-electron chi connectivity index (χ2n) is 4.81. The molecule has 110 valence electrons. The highest BCUT2D eigenvalue weighted by Gasteiger charge is 2.19. The van der Waals surface area contributed by atoms with E-state index in [-0.39, 0.29) is 0 Å².